The molecule has 0 unspecified atom stereocenters. The summed E-state index contributed by atoms with van der Waals surface area (Å²) in [5.41, 5.74) is 2.29. The number of para-hydroxylation sites is 1. The first kappa shape index (κ1) is 18.3. The second-order valence-electron chi connectivity index (χ2n) is 5.96. The Morgan fingerprint density at radius 1 is 0.917 bits per heavy atom. The van der Waals surface area contributed by atoms with Gasteiger partial charge in [0.2, 0.25) is 0 Å². The predicted octanol–water partition coefficient (Wildman–Crippen LogP) is 4.94. The van der Waals surface area contributed by atoms with Crippen molar-refractivity contribution in [3.63, 3.8) is 0 Å². The summed E-state index contributed by atoms with van der Waals surface area (Å²) in [6.45, 7) is 4.62. The van der Waals surface area contributed by atoms with E-state index in [-0.39, 0.29) is 0 Å². The highest BCUT2D eigenvalue weighted by molar-refractivity contribution is 5.46. The summed E-state index contributed by atoms with van der Waals surface area (Å²) in [5, 5.41) is 3.51. The number of ether oxygens (including phenoxy) is 2. The van der Waals surface area contributed by atoms with Gasteiger partial charge >= 0.3 is 0 Å². The maximum Gasteiger partial charge on any atom is 0.166 e. The van der Waals surface area contributed by atoms with Crippen molar-refractivity contribution in [2.45, 2.75) is 45.8 Å². The molecule has 0 atom stereocenters. The lowest BCUT2D eigenvalue weighted by Crippen LogP contribution is -2.15. The molecular formula is C21H29NO2. The molecule has 0 aliphatic heterocycles. The van der Waals surface area contributed by atoms with Crippen LogP contribution in [0.4, 0.5) is 0 Å². The Balaban J connectivity index is 1.94. The van der Waals surface area contributed by atoms with E-state index in [9.17, 15) is 0 Å². The van der Waals surface area contributed by atoms with Crippen LogP contribution in [0.3, 0.4) is 0 Å². The SMILES string of the molecule is CCCCCCNCc1cccc(OC)c1OCc1ccccc1. The molecule has 0 aliphatic rings. The van der Waals surface area contributed by atoms with E-state index in [0.717, 1.165) is 35.7 Å². The van der Waals surface area contributed by atoms with Gasteiger partial charge in [-0.3, -0.25) is 0 Å². The van der Waals surface area contributed by atoms with Crippen molar-refractivity contribution in [1.82, 2.24) is 5.32 Å². The summed E-state index contributed by atoms with van der Waals surface area (Å²) in [7, 11) is 1.69. The van der Waals surface area contributed by atoms with Gasteiger partial charge in [-0.25, -0.2) is 0 Å². The summed E-state index contributed by atoms with van der Waals surface area (Å²) < 4.78 is 11.6. The average molecular weight is 327 g/mol. The largest absolute Gasteiger partial charge is 0.493 e. The first-order chi connectivity index (χ1) is 11.8. The van der Waals surface area contributed by atoms with Crippen molar-refractivity contribution in [1.29, 1.82) is 0 Å². The van der Waals surface area contributed by atoms with Crippen molar-refractivity contribution in [3.05, 3.63) is 59.7 Å². The Morgan fingerprint density at radius 3 is 2.50 bits per heavy atom. The van der Waals surface area contributed by atoms with Crippen LogP contribution in [-0.4, -0.2) is 13.7 Å². The van der Waals surface area contributed by atoms with Crippen LogP contribution in [0, 0.1) is 0 Å². The van der Waals surface area contributed by atoms with Crippen LogP contribution < -0.4 is 14.8 Å². The first-order valence-electron chi connectivity index (χ1n) is 8.88. The van der Waals surface area contributed by atoms with Crippen molar-refractivity contribution in [3.8, 4) is 11.5 Å². The fraction of sp³-hybridized carbons (Fsp3) is 0.429. The highest BCUT2D eigenvalue weighted by Gasteiger charge is 2.10. The fourth-order valence-corrected chi connectivity index (χ4v) is 2.65. The minimum Gasteiger partial charge on any atom is -0.493 e. The highest BCUT2D eigenvalue weighted by atomic mass is 16.5. The summed E-state index contributed by atoms with van der Waals surface area (Å²) >= 11 is 0. The molecule has 0 saturated heterocycles. The normalized spacial score (nSPS) is 10.6. The predicted molar refractivity (Wildman–Crippen MR) is 99.6 cm³/mol. The van der Waals surface area contributed by atoms with E-state index in [4.69, 9.17) is 9.47 Å². The maximum absolute atomic E-state index is 6.08. The van der Waals surface area contributed by atoms with Crippen LogP contribution in [0.15, 0.2) is 48.5 Å². The van der Waals surface area contributed by atoms with Crippen molar-refractivity contribution in [2.75, 3.05) is 13.7 Å². The molecule has 0 spiro atoms. The minimum absolute atomic E-state index is 0.546. The lowest BCUT2D eigenvalue weighted by Gasteiger charge is -2.15. The molecule has 1 N–H and O–H groups in total. The monoisotopic (exact) mass is 327 g/mol. The Bertz CT molecular complexity index is 584. The Morgan fingerprint density at radius 2 is 1.75 bits per heavy atom. The van der Waals surface area contributed by atoms with Crippen LogP contribution in [0.25, 0.3) is 0 Å². The summed E-state index contributed by atoms with van der Waals surface area (Å²) in [5.74, 6) is 1.63. The topological polar surface area (TPSA) is 30.5 Å². The number of unbranched alkanes of at least 4 members (excludes halogenated alkanes) is 3. The zero-order chi connectivity index (χ0) is 17.0. The molecule has 0 saturated carbocycles. The molecule has 2 rings (SSSR count). The number of nitrogens with one attached hydrogen (secondary N) is 1. The summed E-state index contributed by atoms with van der Waals surface area (Å²) in [6, 6.07) is 16.3. The molecule has 24 heavy (non-hydrogen) atoms. The molecular weight excluding hydrogens is 298 g/mol. The minimum atomic E-state index is 0.546. The molecule has 2 aromatic rings. The second-order valence-corrected chi connectivity index (χ2v) is 5.96. The highest BCUT2D eigenvalue weighted by Crippen LogP contribution is 2.31. The number of rotatable bonds is 11. The van der Waals surface area contributed by atoms with Crippen LogP contribution in [0.5, 0.6) is 11.5 Å². The molecule has 0 fully saturated rings. The van der Waals surface area contributed by atoms with E-state index >= 15 is 0 Å². The molecule has 0 amide bonds. The van der Waals surface area contributed by atoms with E-state index in [2.05, 4.69) is 30.4 Å². The van der Waals surface area contributed by atoms with E-state index in [1.807, 2.05) is 30.3 Å². The third kappa shape index (κ3) is 5.89. The third-order valence-electron chi connectivity index (χ3n) is 4.03. The lowest BCUT2D eigenvalue weighted by atomic mass is 10.1. The number of benzene rings is 2. The lowest BCUT2D eigenvalue weighted by molar-refractivity contribution is 0.280. The van der Waals surface area contributed by atoms with E-state index in [1.165, 1.54) is 25.7 Å². The van der Waals surface area contributed by atoms with Crippen LogP contribution in [0.2, 0.25) is 0 Å². The molecule has 0 heterocycles. The van der Waals surface area contributed by atoms with Gasteiger partial charge < -0.3 is 14.8 Å². The maximum atomic E-state index is 6.08. The quantitative estimate of drug-likeness (QED) is 0.593. The van der Waals surface area contributed by atoms with Crippen LogP contribution in [0.1, 0.15) is 43.7 Å². The van der Waals surface area contributed by atoms with Gasteiger partial charge in [0, 0.05) is 12.1 Å². The summed E-state index contributed by atoms with van der Waals surface area (Å²) in [6.07, 6.45) is 5.09. The fourth-order valence-electron chi connectivity index (χ4n) is 2.65. The zero-order valence-electron chi connectivity index (χ0n) is 14.9. The second kappa shape index (κ2) is 10.7. The van der Waals surface area contributed by atoms with Crippen molar-refractivity contribution < 1.29 is 9.47 Å². The molecule has 3 heteroatoms. The molecule has 2 aromatic carbocycles. The molecule has 0 aliphatic carbocycles. The van der Waals surface area contributed by atoms with Crippen molar-refractivity contribution >= 4 is 0 Å². The first-order valence-corrected chi connectivity index (χ1v) is 8.88. The van der Waals surface area contributed by atoms with Gasteiger partial charge in [0.1, 0.15) is 6.61 Å². The third-order valence-corrected chi connectivity index (χ3v) is 4.03. The molecule has 0 radical (unpaired) electrons. The van der Waals surface area contributed by atoms with Gasteiger partial charge in [-0.15, -0.1) is 0 Å². The van der Waals surface area contributed by atoms with Gasteiger partial charge in [-0.1, -0.05) is 68.7 Å². The summed E-state index contributed by atoms with van der Waals surface area (Å²) in [4.78, 5) is 0. The number of hydrogen-bond donors (Lipinski definition) is 1. The van der Waals surface area contributed by atoms with E-state index in [1.54, 1.807) is 7.11 Å². The van der Waals surface area contributed by atoms with Gasteiger partial charge in [0.05, 0.1) is 7.11 Å². The Hall–Kier alpha value is -2.00. The Labute approximate surface area is 146 Å². The van der Waals surface area contributed by atoms with E-state index in [0.29, 0.717) is 6.61 Å². The van der Waals surface area contributed by atoms with Gasteiger partial charge in [-0.2, -0.15) is 0 Å². The smallest absolute Gasteiger partial charge is 0.166 e. The van der Waals surface area contributed by atoms with Crippen molar-refractivity contribution in [2.24, 2.45) is 0 Å². The number of hydrogen-bond acceptors (Lipinski definition) is 3. The molecule has 0 bridgehead atoms. The average Bonchev–Trinajstić information content (AvgIpc) is 2.64. The zero-order valence-corrected chi connectivity index (χ0v) is 14.9. The van der Waals surface area contributed by atoms with Crippen LogP contribution in [-0.2, 0) is 13.2 Å². The standard InChI is InChI=1S/C21H29NO2/c1-3-4-5-9-15-22-16-19-13-10-14-20(23-2)21(19)24-17-18-11-7-6-8-12-18/h6-8,10-14,22H,3-5,9,15-17H2,1-2H3. The molecule has 130 valence electrons. The molecule has 3 nitrogen and oxygen atoms in total. The van der Waals surface area contributed by atoms with Gasteiger partial charge in [0.25, 0.3) is 0 Å². The molecule has 0 aromatic heterocycles. The Kier molecular flexibility index (Phi) is 8.19. The van der Waals surface area contributed by atoms with Crippen LogP contribution >= 0.6 is 0 Å². The van der Waals surface area contributed by atoms with Gasteiger partial charge in [0.15, 0.2) is 11.5 Å². The van der Waals surface area contributed by atoms with E-state index < -0.39 is 0 Å². The van der Waals surface area contributed by atoms with Gasteiger partial charge in [-0.05, 0) is 24.6 Å². The number of methoxy groups -OCH3 is 1.